The van der Waals surface area contributed by atoms with Gasteiger partial charge in [-0.2, -0.15) is 4.79 Å². The molecular formula is C16H14ClN3O2+2. The van der Waals surface area contributed by atoms with Crippen LogP contribution in [0.2, 0.25) is 5.02 Å². The number of fused-ring (bicyclic) bond motifs is 3. The summed E-state index contributed by atoms with van der Waals surface area (Å²) in [7, 11) is 0. The third-order valence-corrected chi connectivity index (χ3v) is 4.44. The van der Waals surface area contributed by atoms with Crippen LogP contribution in [0.15, 0.2) is 30.5 Å². The van der Waals surface area contributed by atoms with E-state index in [0.29, 0.717) is 16.4 Å². The van der Waals surface area contributed by atoms with Gasteiger partial charge in [0.25, 0.3) is 5.69 Å². The van der Waals surface area contributed by atoms with Crippen LogP contribution in [0.25, 0.3) is 0 Å². The fourth-order valence-electron chi connectivity index (χ4n) is 3.18. The summed E-state index contributed by atoms with van der Waals surface area (Å²) in [5.41, 5.74) is 2.84. The molecular weight excluding hydrogens is 302 g/mol. The average Bonchev–Trinajstić information content (AvgIpc) is 2.79. The van der Waals surface area contributed by atoms with Gasteiger partial charge in [0.1, 0.15) is 5.69 Å². The van der Waals surface area contributed by atoms with E-state index < -0.39 is 0 Å². The lowest BCUT2D eigenvalue weighted by Gasteiger charge is -2.09. The van der Waals surface area contributed by atoms with Crippen LogP contribution in [-0.2, 0) is 12.8 Å². The highest BCUT2D eigenvalue weighted by Gasteiger charge is 2.51. The number of nitrogens with one attached hydrogen (secondary N) is 1. The van der Waals surface area contributed by atoms with Crippen molar-refractivity contribution in [2.24, 2.45) is 0 Å². The largest absolute Gasteiger partial charge is 0.512 e. The Labute approximate surface area is 132 Å². The molecule has 110 valence electrons. The van der Waals surface area contributed by atoms with Gasteiger partial charge in [0, 0.05) is 23.9 Å². The normalized spacial score (nSPS) is 16.7. The van der Waals surface area contributed by atoms with Crippen LogP contribution in [0.4, 0.5) is 10.5 Å². The van der Waals surface area contributed by atoms with Gasteiger partial charge in [0.05, 0.1) is 0 Å². The van der Waals surface area contributed by atoms with E-state index in [1.807, 2.05) is 0 Å². The van der Waals surface area contributed by atoms with E-state index in [1.54, 1.807) is 35.0 Å². The first-order chi connectivity index (χ1) is 10.7. The highest BCUT2D eigenvalue weighted by atomic mass is 35.5. The van der Waals surface area contributed by atoms with Crippen molar-refractivity contribution in [1.82, 2.24) is 0 Å². The molecule has 22 heavy (non-hydrogen) atoms. The van der Waals surface area contributed by atoms with E-state index in [4.69, 9.17) is 11.6 Å². The molecule has 0 bridgehead atoms. The predicted molar refractivity (Wildman–Crippen MR) is 78.9 cm³/mol. The van der Waals surface area contributed by atoms with Gasteiger partial charge >= 0.3 is 11.9 Å². The molecule has 1 N–H and O–H groups in total. The second-order valence-corrected chi connectivity index (χ2v) is 5.98. The summed E-state index contributed by atoms with van der Waals surface area (Å²) in [5.74, 6) is -0.322. The maximum atomic E-state index is 12.8. The number of hydrogen-bond donors (Lipinski definition) is 0. The number of anilines is 1. The van der Waals surface area contributed by atoms with Crippen LogP contribution >= 0.6 is 11.6 Å². The number of rotatable bonds is 1. The number of aryl methyl sites for hydroxylation is 1. The van der Waals surface area contributed by atoms with E-state index in [1.165, 1.54) is 4.90 Å². The molecule has 0 fully saturated rings. The average molecular weight is 316 g/mol. The molecule has 2 aromatic rings. The Morgan fingerprint density at radius 1 is 1.18 bits per heavy atom. The summed E-state index contributed by atoms with van der Waals surface area (Å²) in [6.07, 6.45) is 5.48. The minimum atomic E-state index is -0.325. The van der Waals surface area contributed by atoms with Gasteiger partial charge in [0.15, 0.2) is 5.69 Å². The lowest BCUT2D eigenvalue weighted by Crippen LogP contribution is -2.52. The molecule has 1 aromatic carbocycles. The smallest absolute Gasteiger partial charge is 0.236 e. The van der Waals surface area contributed by atoms with E-state index in [0.717, 1.165) is 37.1 Å². The second-order valence-electron chi connectivity index (χ2n) is 5.54. The number of H-pyrrole nitrogens is 1. The molecule has 0 spiro atoms. The van der Waals surface area contributed by atoms with Gasteiger partial charge < -0.3 is 0 Å². The Hall–Kier alpha value is -2.27. The topological polar surface area (TPSA) is 55.4 Å². The Morgan fingerprint density at radius 2 is 2.00 bits per heavy atom. The summed E-state index contributed by atoms with van der Waals surface area (Å²) in [6.45, 7) is 0. The monoisotopic (exact) mass is 315 g/mol. The number of benzene rings is 1. The minimum absolute atomic E-state index is 0.322. The number of carbonyl (C=O) groups is 2. The first kappa shape index (κ1) is 13.4. The quantitative estimate of drug-likeness (QED) is 0.755. The van der Waals surface area contributed by atoms with Crippen LogP contribution in [0, 0.1) is 0 Å². The molecule has 5 nitrogen and oxygen atoms in total. The fraction of sp³-hybridized carbons (Fsp3) is 0.250. The zero-order chi connectivity index (χ0) is 15.3. The third-order valence-electron chi connectivity index (χ3n) is 4.20. The number of imide groups is 1. The first-order valence-corrected chi connectivity index (χ1v) is 7.67. The molecule has 4 rings (SSSR count). The number of aromatic nitrogens is 2. The molecule has 0 saturated carbocycles. The number of amides is 2. The van der Waals surface area contributed by atoms with E-state index >= 15 is 0 Å². The molecule has 0 radical (unpaired) electrons. The van der Waals surface area contributed by atoms with Gasteiger partial charge in [-0.1, -0.05) is 17.7 Å². The zero-order valence-electron chi connectivity index (χ0n) is 11.8. The van der Waals surface area contributed by atoms with Gasteiger partial charge in [-0.15, -0.1) is 9.47 Å². The third kappa shape index (κ3) is 1.85. The molecule has 0 atom stereocenters. The Kier molecular flexibility index (Phi) is 2.97. The number of hydrogen-bond acceptors (Lipinski definition) is 2. The van der Waals surface area contributed by atoms with Crippen LogP contribution in [0.1, 0.15) is 34.7 Å². The molecule has 1 aromatic heterocycles. The van der Waals surface area contributed by atoms with Gasteiger partial charge in [0.2, 0.25) is 11.9 Å². The highest BCUT2D eigenvalue weighted by molar-refractivity contribution is 6.31. The maximum absolute atomic E-state index is 12.8. The van der Waals surface area contributed by atoms with Crippen molar-refractivity contribution in [2.45, 2.75) is 25.7 Å². The van der Waals surface area contributed by atoms with Gasteiger partial charge in [-0.25, -0.2) is 9.78 Å². The van der Waals surface area contributed by atoms with E-state index in [9.17, 15) is 9.59 Å². The fourth-order valence-corrected chi connectivity index (χ4v) is 3.36. The molecule has 1 aliphatic carbocycles. The first-order valence-electron chi connectivity index (χ1n) is 7.29. The molecule has 2 heterocycles. The Bertz CT molecular complexity index is 819. The van der Waals surface area contributed by atoms with Crippen LogP contribution in [0.3, 0.4) is 0 Å². The molecule has 0 saturated heterocycles. The van der Waals surface area contributed by atoms with Crippen LogP contribution in [0.5, 0.6) is 0 Å². The molecule has 2 aliphatic rings. The minimum Gasteiger partial charge on any atom is -0.236 e. The van der Waals surface area contributed by atoms with Gasteiger partial charge in [-0.3, -0.25) is 0 Å². The summed E-state index contributed by atoms with van der Waals surface area (Å²) in [5, 5.41) is 0.493. The predicted octanol–water partition coefficient (Wildman–Crippen LogP) is 1.95. The van der Waals surface area contributed by atoms with Crippen molar-refractivity contribution in [3.63, 3.8) is 0 Å². The Balaban J connectivity index is 1.86. The summed E-state index contributed by atoms with van der Waals surface area (Å²) >= 11 is 5.98. The standard InChI is InChI=1S/C16H13ClN3O2/c17-10-4-3-5-11(8-10)19-15(21)14-9-18-12-6-1-2-7-13(12)20(14)16(19)22/h3-5,8-9H,1-2,6-7H2/q+1/p+1. The van der Waals surface area contributed by atoms with E-state index in [-0.39, 0.29) is 11.9 Å². The van der Waals surface area contributed by atoms with Crippen molar-refractivity contribution in [2.75, 3.05) is 4.90 Å². The SMILES string of the molecule is O=C1c2c[nH+]c3c([n+]2C(=O)N1c1cccc(Cl)c1)CCCC3. The maximum Gasteiger partial charge on any atom is 0.512 e. The van der Waals surface area contributed by atoms with Gasteiger partial charge in [-0.05, 0) is 25.0 Å². The lowest BCUT2D eigenvalue weighted by atomic mass is 10.00. The Morgan fingerprint density at radius 3 is 2.82 bits per heavy atom. The van der Waals surface area contributed by atoms with Crippen molar-refractivity contribution < 1.29 is 19.1 Å². The highest BCUT2D eigenvalue weighted by Crippen LogP contribution is 2.25. The van der Waals surface area contributed by atoms with Crippen molar-refractivity contribution in [3.05, 3.63) is 52.6 Å². The van der Waals surface area contributed by atoms with Crippen molar-refractivity contribution in [3.8, 4) is 0 Å². The van der Waals surface area contributed by atoms with Crippen molar-refractivity contribution in [1.29, 1.82) is 0 Å². The van der Waals surface area contributed by atoms with Crippen LogP contribution in [-0.4, -0.2) is 11.9 Å². The number of halogens is 1. The number of nitrogens with zero attached hydrogens (tertiary/aromatic N) is 2. The summed E-state index contributed by atoms with van der Waals surface area (Å²) < 4.78 is 1.55. The number of aromatic amines is 1. The van der Waals surface area contributed by atoms with Crippen LogP contribution < -0.4 is 14.5 Å². The number of carbonyl (C=O) groups excluding carboxylic acids is 2. The van der Waals surface area contributed by atoms with Crippen molar-refractivity contribution >= 4 is 29.2 Å². The van der Waals surface area contributed by atoms with E-state index in [2.05, 4.69) is 4.98 Å². The zero-order valence-corrected chi connectivity index (χ0v) is 12.6. The summed E-state index contributed by atoms with van der Waals surface area (Å²) in [6, 6.07) is 6.46. The lowest BCUT2D eigenvalue weighted by molar-refractivity contribution is -0.596. The molecule has 0 unspecified atom stereocenters. The molecule has 2 amide bonds. The summed E-state index contributed by atoms with van der Waals surface area (Å²) in [4.78, 5) is 29.8. The molecule has 1 aliphatic heterocycles. The molecule has 6 heteroatoms. The second kappa shape index (κ2) is 4.88.